The number of pyridine rings is 1. The molecule has 0 saturated carbocycles. The molecule has 0 aromatic carbocycles. The molecule has 6 nitrogen and oxygen atoms in total. The molecule has 0 spiro atoms. The van der Waals surface area contributed by atoms with E-state index in [2.05, 4.69) is 20.0 Å². The van der Waals surface area contributed by atoms with Crippen LogP contribution < -0.4 is 0 Å². The lowest BCUT2D eigenvalue weighted by Crippen LogP contribution is -2.47. The fourth-order valence-electron chi connectivity index (χ4n) is 2.03. The first-order valence-corrected chi connectivity index (χ1v) is 5.92. The van der Waals surface area contributed by atoms with Gasteiger partial charge in [0.15, 0.2) is 0 Å². The fraction of sp³-hybridized carbons (Fsp3) is 0.417. The van der Waals surface area contributed by atoms with E-state index in [1.165, 1.54) is 0 Å². The molecule has 1 fully saturated rings. The van der Waals surface area contributed by atoms with E-state index in [0.717, 1.165) is 13.1 Å². The van der Waals surface area contributed by atoms with Crippen LogP contribution in [-0.4, -0.2) is 44.8 Å². The van der Waals surface area contributed by atoms with E-state index in [1.807, 2.05) is 18.2 Å². The molecule has 0 radical (unpaired) electrons. The molecule has 6 heteroatoms. The van der Waals surface area contributed by atoms with E-state index in [1.54, 1.807) is 6.20 Å². The second-order valence-electron chi connectivity index (χ2n) is 4.47. The fourth-order valence-corrected chi connectivity index (χ4v) is 2.03. The predicted octanol–water partition coefficient (Wildman–Crippen LogP) is 0.556. The highest BCUT2D eigenvalue weighted by atomic mass is 16.5. The maximum atomic E-state index is 8.94. The molecule has 0 aliphatic carbocycles. The Morgan fingerprint density at radius 3 is 3.00 bits per heavy atom. The van der Waals surface area contributed by atoms with Gasteiger partial charge in [-0.05, 0) is 12.1 Å². The molecule has 1 aliphatic rings. The first-order valence-electron chi connectivity index (χ1n) is 5.92. The van der Waals surface area contributed by atoms with E-state index in [-0.39, 0.29) is 6.61 Å². The van der Waals surface area contributed by atoms with Crippen molar-refractivity contribution in [2.75, 3.05) is 19.7 Å². The zero-order chi connectivity index (χ0) is 12.4. The predicted molar refractivity (Wildman–Crippen MR) is 63.4 cm³/mol. The van der Waals surface area contributed by atoms with Crippen LogP contribution >= 0.6 is 0 Å². The molecule has 2 aromatic heterocycles. The number of aliphatic hydroxyl groups excluding tert-OH is 1. The molecule has 3 rings (SSSR count). The lowest BCUT2D eigenvalue weighted by Gasteiger charge is -2.36. The minimum absolute atomic E-state index is 0.250. The first-order chi connectivity index (χ1) is 8.85. The van der Waals surface area contributed by atoms with Crippen LogP contribution in [0, 0.1) is 5.92 Å². The normalized spacial score (nSPS) is 16.7. The number of rotatable bonds is 4. The molecule has 18 heavy (non-hydrogen) atoms. The molecule has 2 aromatic rings. The molecule has 0 amide bonds. The summed E-state index contributed by atoms with van der Waals surface area (Å²) in [6.45, 7) is 2.66. The Morgan fingerprint density at radius 1 is 1.39 bits per heavy atom. The van der Waals surface area contributed by atoms with Crippen molar-refractivity contribution >= 4 is 0 Å². The van der Waals surface area contributed by atoms with Crippen molar-refractivity contribution in [3.63, 3.8) is 0 Å². The zero-order valence-electron chi connectivity index (χ0n) is 9.86. The smallest absolute Gasteiger partial charge is 0.241 e. The molecule has 1 aliphatic heterocycles. The van der Waals surface area contributed by atoms with Crippen LogP contribution in [0.25, 0.3) is 11.5 Å². The van der Waals surface area contributed by atoms with Gasteiger partial charge in [-0.15, -0.1) is 0 Å². The Bertz CT molecular complexity index is 508. The highest BCUT2D eigenvalue weighted by Crippen LogP contribution is 2.18. The van der Waals surface area contributed by atoms with Crippen molar-refractivity contribution in [3.8, 4) is 11.5 Å². The average molecular weight is 246 g/mol. The number of hydrogen-bond donors (Lipinski definition) is 1. The summed E-state index contributed by atoms with van der Waals surface area (Å²) < 4.78 is 5.19. The third-order valence-corrected chi connectivity index (χ3v) is 3.01. The van der Waals surface area contributed by atoms with Crippen LogP contribution in [0.5, 0.6) is 0 Å². The van der Waals surface area contributed by atoms with Crippen LogP contribution in [0.15, 0.2) is 28.9 Å². The van der Waals surface area contributed by atoms with Gasteiger partial charge in [0, 0.05) is 31.8 Å². The summed E-state index contributed by atoms with van der Waals surface area (Å²) in [6, 6.07) is 5.58. The maximum Gasteiger partial charge on any atom is 0.241 e. The summed E-state index contributed by atoms with van der Waals surface area (Å²) in [5, 5.41) is 12.8. The van der Waals surface area contributed by atoms with E-state index in [9.17, 15) is 0 Å². The minimum Gasteiger partial charge on any atom is -0.396 e. The summed E-state index contributed by atoms with van der Waals surface area (Å²) in [7, 11) is 0. The Hall–Kier alpha value is -1.79. The van der Waals surface area contributed by atoms with E-state index < -0.39 is 0 Å². The average Bonchev–Trinajstić information content (AvgIpc) is 2.83. The molecule has 1 saturated heterocycles. The number of aliphatic hydroxyl groups is 1. The van der Waals surface area contributed by atoms with Crippen LogP contribution in [0.2, 0.25) is 0 Å². The van der Waals surface area contributed by atoms with Crippen LogP contribution in [0.3, 0.4) is 0 Å². The lowest BCUT2D eigenvalue weighted by molar-refractivity contribution is 0.0402. The minimum atomic E-state index is 0.250. The van der Waals surface area contributed by atoms with Gasteiger partial charge in [0.1, 0.15) is 5.69 Å². The van der Waals surface area contributed by atoms with Crippen LogP contribution in [-0.2, 0) is 6.54 Å². The lowest BCUT2D eigenvalue weighted by atomic mass is 10.0. The van der Waals surface area contributed by atoms with E-state index in [0.29, 0.717) is 29.9 Å². The van der Waals surface area contributed by atoms with Gasteiger partial charge in [-0.3, -0.25) is 9.88 Å². The molecule has 94 valence electrons. The Labute approximate surface area is 104 Å². The number of likely N-dealkylation sites (tertiary alicyclic amines) is 1. The van der Waals surface area contributed by atoms with Crippen molar-refractivity contribution in [2.45, 2.75) is 6.54 Å². The molecule has 0 unspecified atom stereocenters. The zero-order valence-corrected chi connectivity index (χ0v) is 9.86. The number of aromatic nitrogens is 3. The van der Waals surface area contributed by atoms with Crippen molar-refractivity contribution in [2.24, 2.45) is 5.92 Å². The molecule has 3 heterocycles. The van der Waals surface area contributed by atoms with E-state index in [4.69, 9.17) is 9.63 Å². The monoisotopic (exact) mass is 246 g/mol. The SMILES string of the molecule is OCC1CN(Cc2nc(-c3ccccn3)no2)C1. The summed E-state index contributed by atoms with van der Waals surface area (Å²) >= 11 is 0. The summed E-state index contributed by atoms with van der Waals surface area (Å²) in [5.74, 6) is 1.50. The van der Waals surface area contributed by atoms with Gasteiger partial charge in [0.25, 0.3) is 0 Å². The highest BCUT2D eigenvalue weighted by molar-refractivity contribution is 5.46. The standard InChI is InChI=1S/C12H14N4O2/c17-8-9-5-16(6-9)7-11-14-12(15-18-11)10-3-1-2-4-13-10/h1-4,9,17H,5-8H2. The van der Waals surface area contributed by atoms with Gasteiger partial charge >= 0.3 is 0 Å². The number of hydrogen-bond acceptors (Lipinski definition) is 6. The van der Waals surface area contributed by atoms with Gasteiger partial charge in [0.05, 0.1) is 6.54 Å². The largest absolute Gasteiger partial charge is 0.396 e. The van der Waals surface area contributed by atoms with Gasteiger partial charge in [-0.25, -0.2) is 0 Å². The molecule has 0 bridgehead atoms. The Morgan fingerprint density at radius 2 is 2.28 bits per heavy atom. The van der Waals surface area contributed by atoms with Gasteiger partial charge in [-0.2, -0.15) is 4.98 Å². The Balaban J connectivity index is 1.64. The molecular formula is C12H14N4O2. The third-order valence-electron chi connectivity index (χ3n) is 3.01. The quantitative estimate of drug-likeness (QED) is 0.849. The second kappa shape index (κ2) is 4.83. The third kappa shape index (κ3) is 2.25. The van der Waals surface area contributed by atoms with Crippen LogP contribution in [0.4, 0.5) is 0 Å². The molecule has 1 N–H and O–H groups in total. The molecular weight excluding hydrogens is 232 g/mol. The van der Waals surface area contributed by atoms with Gasteiger partial charge < -0.3 is 9.63 Å². The Kier molecular flexibility index (Phi) is 3.04. The van der Waals surface area contributed by atoms with Crippen molar-refractivity contribution < 1.29 is 9.63 Å². The van der Waals surface area contributed by atoms with Crippen molar-refractivity contribution in [1.82, 2.24) is 20.0 Å². The van der Waals surface area contributed by atoms with E-state index >= 15 is 0 Å². The highest BCUT2D eigenvalue weighted by Gasteiger charge is 2.27. The van der Waals surface area contributed by atoms with Crippen molar-refractivity contribution in [1.29, 1.82) is 0 Å². The molecule has 0 atom stereocenters. The second-order valence-corrected chi connectivity index (χ2v) is 4.47. The van der Waals surface area contributed by atoms with Gasteiger partial charge in [0.2, 0.25) is 11.7 Å². The number of nitrogens with zero attached hydrogens (tertiary/aromatic N) is 4. The van der Waals surface area contributed by atoms with Gasteiger partial charge in [-0.1, -0.05) is 11.2 Å². The summed E-state index contributed by atoms with van der Waals surface area (Å²) in [5.41, 5.74) is 0.712. The van der Waals surface area contributed by atoms with Crippen LogP contribution in [0.1, 0.15) is 5.89 Å². The summed E-state index contributed by atoms with van der Waals surface area (Å²) in [6.07, 6.45) is 1.70. The van der Waals surface area contributed by atoms with Crippen molar-refractivity contribution in [3.05, 3.63) is 30.3 Å². The summed E-state index contributed by atoms with van der Waals surface area (Å²) in [4.78, 5) is 10.6. The first kappa shape index (κ1) is 11.3. The maximum absolute atomic E-state index is 8.94. The topological polar surface area (TPSA) is 75.3 Å².